The van der Waals surface area contributed by atoms with E-state index in [1.165, 1.54) is 0 Å². The van der Waals surface area contributed by atoms with Crippen LogP contribution in [0.3, 0.4) is 0 Å². The van der Waals surface area contributed by atoms with Crippen LogP contribution in [-0.4, -0.2) is 30.7 Å². The highest BCUT2D eigenvalue weighted by atomic mass is 32.1. The number of hydrogen-bond acceptors (Lipinski definition) is 4. The lowest BCUT2D eigenvalue weighted by molar-refractivity contribution is -0.126. The normalized spacial score (nSPS) is 20.5. The molecule has 0 saturated carbocycles. The fourth-order valence-electron chi connectivity index (χ4n) is 4.36. The Morgan fingerprint density at radius 2 is 1.96 bits per heavy atom. The second-order valence-corrected chi connectivity index (χ2v) is 7.26. The van der Waals surface area contributed by atoms with Crippen LogP contribution in [0.2, 0.25) is 0 Å². The molecule has 0 unspecified atom stereocenters. The minimum atomic E-state index is -0.516. The smallest absolute Gasteiger partial charge is 0.274 e. The second-order valence-electron chi connectivity index (χ2n) is 7.26. The molecule has 2 N–H and O–H groups in total. The van der Waals surface area contributed by atoms with Gasteiger partial charge in [-0.1, -0.05) is 18.2 Å². The van der Waals surface area contributed by atoms with Gasteiger partial charge < -0.3 is 9.64 Å². The summed E-state index contributed by atoms with van der Waals surface area (Å²) in [7, 11) is 1.62. The number of rotatable bonds is 3. The van der Waals surface area contributed by atoms with Gasteiger partial charge in [0.05, 0.1) is 18.2 Å². The van der Waals surface area contributed by atoms with Gasteiger partial charge in [-0.25, -0.2) is 5.48 Å². The van der Waals surface area contributed by atoms with Crippen LogP contribution in [0.4, 0.5) is 5.69 Å². The molecule has 1 aliphatic heterocycles. The first-order valence-electron chi connectivity index (χ1n) is 9.09. The Balaban J connectivity index is 0.00000225. The molecule has 1 atom stereocenters. The number of carbonyl (C=O) groups excluding carboxylic acids is 2. The van der Waals surface area contributed by atoms with Crippen LogP contribution in [0, 0.1) is 5.41 Å². The van der Waals surface area contributed by atoms with E-state index in [0.29, 0.717) is 24.3 Å². The Labute approximate surface area is 170 Å². The van der Waals surface area contributed by atoms with Crippen molar-refractivity contribution in [2.45, 2.75) is 25.7 Å². The third kappa shape index (κ3) is 3.25. The van der Waals surface area contributed by atoms with Gasteiger partial charge in [0.15, 0.2) is 0 Å². The fraction of sp³-hybridized carbons (Fsp3) is 0.333. The Bertz CT molecular complexity index is 917. The Morgan fingerprint density at radius 3 is 2.71 bits per heavy atom. The number of aryl methyl sites for hydroxylation is 1. The number of hydroxylamine groups is 1. The number of benzene rings is 2. The zero-order chi connectivity index (χ0) is 19.0. The minimum absolute atomic E-state index is 0. The molecule has 1 aliphatic carbocycles. The van der Waals surface area contributed by atoms with Crippen molar-refractivity contribution in [2.75, 3.05) is 18.6 Å². The average Bonchev–Trinajstić information content (AvgIpc) is 3.02. The molecule has 0 bridgehead atoms. The molecule has 1 fully saturated rings. The highest BCUT2D eigenvalue weighted by Crippen LogP contribution is 2.46. The Kier molecular flexibility index (Phi) is 5.67. The van der Waals surface area contributed by atoms with Crippen molar-refractivity contribution in [1.82, 2.24) is 5.48 Å². The Morgan fingerprint density at radius 1 is 1.18 bits per heavy atom. The van der Waals surface area contributed by atoms with E-state index in [1.807, 2.05) is 41.3 Å². The summed E-state index contributed by atoms with van der Waals surface area (Å²) in [6, 6.07) is 13.0. The van der Waals surface area contributed by atoms with Gasteiger partial charge in [0.25, 0.3) is 5.91 Å². The summed E-state index contributed by atoms with van der Waals surface area (Å²) in [6.45, 7) is 0.680. The number of anilines is 1. The number of para-hydroxylation sites is 2. The molecule has 6 nitrogen and oxygen atoms in total. The van der Waals surface area contributed by atoms with E-state index in [2.05, 4.69) is 0 Å². The van der Waals surface area contributed by atoms with E-state index >= 15 is 0 Å². The molecule has 0 aromatic heterocycles. The molecule has 7 heteroatoms. The van der Waals surface area contributed by atoms with Crippen molar-refractivity contribution in [3.05, 3.63) is 59.2 Å². The van der Waals surface area contributed by atoms with Crippen LogP contribution in [0.5, 0.6) is 5.75 Å². The number of nitrogens with one attached hydrogen (secondary N) is 1. The molecule has 1 heterocycles. The predicted octanol–water partition coefficient (Wildman–Crippen LogP) is 2.84. The summed E-state index contributed by atoms with van der Waals surface area (Å²) in [5.74, 6) is 0.339. The molecule has 2 amide bonds. The number of methoxy groups -OCH3 is 1. The van der Waals surface area contributed by atoms with E-state index in [-0.39, 0.29) is 19.4 Å². The monoisotopic (exact) mass is 400 g/mol. The highest BCUT2D eigenvalue weighted by molar-refractivity contribution is 7.59. The van der Waals surface area contributed by atoms with Crippen LogP contribution < -0.4 is 15.1 Å². The van der Waals surface area contributed by atoms with Gasteiger partial charge in [0, 0.05) is 12.1 Å². The fourth-order valence-corrected chi connectivity index (χ4v) is 4.36. The number of nitrogens with zero attached hydrogens (tertiary/aromatic N) is 1. The quantitative estimate of drug-likeness (QED) is 0.613. The first-order chi connectivity index (χ1) is 13.1. The third-order valence-electron chi connectivity index (χ3n) is 5.86. The summed E-state index contributed by atoms with van der Waals surface area (Å²) >= 11 is 0. The molecular formula is C21H24N2O4S. The summed E-state index contributed by atoms with van der Waals surface area (Å²) in [6.07, 6.45) is 2.98. The number of hydrogen-bond donors (Lipinski definition) is 2. The van der Waals surface area contributed by atoms with Gasteiger partial charge in [0.1, 0.15) is 5.75 Å². The summed E-state index contributed by atoms with van der Waals surface area (Å²) in [5.41, 5.74) is 4.70. The number of carbonyl (C=O) groups is 2. The lowest BCUT2D eigenvalue weighted by atomic mass is 9.70. The third-order valence-corrected chi connectivity index (χ3v) is 5.86. The summed E-state index contributed by atoms with van der Waals surface area (Å²) in [5, 5.41) is 8.81. The van der Waals surface area contributed by atoms with Crippen molar-refractivity contribution in [3.63, 3.8) is 0 Å². The average molecular weight is 401 g/mol. The zero-order valence-electron chi connectivity index (χ0n) is 15.7. The van der Waals surface area contributed by atoms with Crippen molar-refractivity contribution < 1.29 is 19.5 Å². The summed E-state index contributed by atoms with van der Waals surface area (Å²) in [4.78, 5) is 26.8. The van der Waals surface area contributed by atoms with Gasteiger partial charge in [-0.3, -0.25) is 14.8 Å². The zero-order valence-corrected chi connectivity index (χ0v) is 16.7. The van der Waals surface area contributed by atoms with Crippen molar-refractivity contribution in [2.24, 2.45) is 5.41 Å². The SMILES string of the molecule is COc1ccccc1N1CC[C@@]2(CCc3cc(C(=O)NO)ccc3C2)C1=O.S. The molecule has 1 spiro atoms. The topological polar surface area (TPSA) is 78.9 Å². The predicted molar refractivity (Wildman–Crippen MR) is 110 cm³/mol. The maximum absolute atomic E-state index is 13.4. The van der Waals surface area contributed by atoms with E-state index < -0.39 is 11.3 Å². The number of amides is 2. The molecule has 1 saturated heterocycles. The van der Waals surface area contributed by atoms with Gasteiger partial charge in [-0.05, 0) is 61.1 Å². The molecule has 2 aliphatic rings. The number of ether oxygens (including phenoxy) is 1. The molecule has 2 aromatic rings. The van der Waals surface area contributed by atoms with Crippen LogP contribution >= 0.6 is 13.5 Å². The molecule has 2 aromatic carbocycles. The maximum atomic E-state index is 13.4. The largest absolute Gasteiger partial charge is 0.495 e. The van der Waals surface area contributed by atoms with E-state index in [1.54, 1.807) is 18.7 Å². The van der Waals surface area contributed by atoms with Crippen LogP contribution in [-0.2, 0) is 17.6 Å². The highest BCUT2D eigenvalue weighted by Gasteiger charge is 2.49. The molecular weight excluding hydrogens is 376 g/mol. The number of fused-ring (bicyclic) bond motifs is 1. The first kappa shape index (κ1) is 20.2. The van der Waals surface area contributed by atoms with E-state index in [0.717, 1.165) is 36.1 Å². The lowest BCUT2D eigenvalue weighted by Gasteiger charge is -2.33. The summed E-state index contributed by atoms with van der Waals surface area (Å²) < 4.78 is 5.43. The Hall–Kier alpha value is -2.51. The van der Waals surface area contributed by atoms with Crippen molar-refractivity contribution in [3.8, 4) is 5.75 Å². The van der Waals surface area contributed by atoms with Crippen molar-refractivity contribution >= 4 is 31.0 Å². The van der Waals surface area contributed by atoms with Crippen molar-refractivity contribution in [1.29, 1.82) is 0 Å². The molecule has 148 valence electrons. The standard InChI is InChI=1S/C21H22N2O4.H2S/c1-27-18-5-3-2-4-17(18)23-11-10-21(20(23)25)9-8-14-12-15(19(24)22-26)6-7-16(14)13-21;/h2-7,12,26H,8-11,13H2,1H3,(H,22,24);1H2/t21-;/m1./s1. The van der Waals surface area contributed by atoms with Gasteiger partial charge in [0.2, 0.25) is 5.91 Å². The molecule has 4 rings (SSSR count). The van der Waals surface area contributed by atoms with E-state index in [4.69, 9.17) is 9.94 Å². The van der Waals surface area contributed by atoms with Crippen LogP contribution in [0.1, 0.15) is 34.3 Å². The second kappa shape index (κ2) is 7.85. The maximum Gasteiger partial charge on any atom is 0.274 e. The van der Waals surface area contributed by atoms with Crippen LogP contribution in [0.15, 0.2) is 42.5 Å². The van der Waals surface area contributed by atoms with Gasteiger partial charge in [-0.2, -0.15) is 13.5 Å². The van der Waals surface area contributed by atoms with Gasteiger partial charge >= 0.3 is 0 Å². The first-order valence-corrected chi connectivity index (χ1v) is 9.09. The van der Waals surface area contributed by atoms with E-state index in [9.17, 15) is 9.59 Å². The molecule has 0 radical (unpaired) electrons. The lowest BCUT2D eigenvalue weighted by Crippen LogP contribution is -2.39. The van der Waals surface area contributed by atoms with Crippen LogP contribution in [0.25, 0.3) is 0 Å². The van der Waals surface area contributed by atoms with Gasteiger partial charge in [-0.15, -0.1) is 0 Å². The molecule has 28 heavy (non-hydrogen) atoms. The minimum Gasteiger partial charge on any atom is -0.495 e.